The summed E-state index contributed by atoms with van der Waals surface area (Å²) in [7, 11) is -3.33. The number of anilines is 1. The van der Waals surface area contributed by atoms with Gasteiger partial charge in [-0.2, -0.15) is 0 Å². The molecular weight excluding hydrogens is 410 g/mol. The minimum absolute atomic E-state index is 0.319. The van der Waals surface area contributed by atoms with E-state index in [2.05, 4.69) is 10.9 Å². The number of fused-ring (bicyclic) bond motifs is 2. The Bertz CT molecular complexity index is 1050. The topological polar surface area (TPSA) is 95.6 Å². The quantitative estimate of drug-likeness (QED) is 0.574. The van der Waals surface area contributed by atoms with Crippen LogP contribution in [0.5, 0.6) is 0 Å². The van der Waals surface area contributed by atoms with E-state index in [4.69, 9.17) is 0 Å². The van der Waals surface area contributed by atoms with Gasteiger partial charge in [-0.05, 0) is 67.5 Å². The summed E-state index contributed by atoms with van der Waals surface area (Å²) >= 11 is 1.50. The highest BCUT2D eigenvalue weighted by Crippen LogP contribution is 2.31. The van der Waals surface area contributed by atoms with Gasteiger partial charge in [-0.1, -0.05) is 6.42 Å². The van der Waals surface area contributed by atoms with Crippen molar-refractivity contribution in [1.82, 2.24) is 10.9 Å². The third-order valence-corrected chi connectivity index (χ3v) is 7.77. The van der Waals surface area contributed by atoms with E-state index in [-0.39, 0.29) is 5.91 Å². The van der Waals surface area contributed by atoms with Crippen LogP contribution in [0.15, 0.2) is 24.3 Å². The first-order valence-electron chi connectivity index (χ1n) is 9.66. The number of hydrogen-bond acceptors (Lipinski definition) is 5. The number of aryl methyl sites for hydroxylation is 2. The van der Waals surface area contributed by atoms with Gasteiger partial charge in [-0.3, -0.25) is 24.7 Å². The standard InChI is InChI=1S/C20H23N3O4S2/c1-29(26,27)23-10-9-13-11-15(7-8-16(13)23)19(24)21-22-20(25)18-12-14-5-3-2-4-6-17(14)28-18/h7-8,11-12H,2-6,9-10H2,1H3,(H,21,24)(H,22,25). The Morgan fingerprint density at radius 3 is 2.52 bits per heavy atom. The highest BCUT2D eigenvalue weighted by Gasteiger charge is 2.27. The number of sulfonamides is 1. The molecule has 2 aliphatic rings. The van der Waals surface area contributed by atoms with Crippen LogP contribution in [0.4, 0.5) is 5.69 Å². The fraction of sp³-hybridized carbons (Fsp3) is 0.400. The number of thiophene rings is 1. The van der Waals surface area contributed by atoms with Crippen molar-refractivity contribution < 1.29 is 18.0 Å². The number of carbonyl (C=O) groups is 2. The second kappa shape index (κ2) is 7.79. The average molecular weight is 434 g/mol. The molecule has 0 radical (unpaired) electrons. The highest BCUT2D eigenvalue weighted by molar-refractivity contribution is 7.92. The lowest BCUT2D eigenvalue weighted by Gasteiger charge is -2.16. The molecule has 0 saturated carbocycles. The van der Waals surface area contributed by atoms with E-state index in [0.29, 0.717) is 29.1 Å². The number of nitrogens with one attached hydrogen (secondary N) is 2. The summed E-state index contributed by atoms with van der Waals surface area (Å²) in [6.07, 6.45) is 7.27. The summed E-state index contributed by atoms with van der Waals surface area (Å²) in [5.74, 6) is -0.752. The molecule has 0 fully saturated rings. The molecule has 0 atom stereocenters. The molecule has 0 saturated heterocycles. The minimum Gasteiger partial charge on any atom is -0.270 e. The molecule has 7 nitrogen and oxygen atoms in total. The van der Waals surface area contributed by atoms with Gasteiger partial charge in [0.25, 0.3) is 11.8 Å². The summed E-state index contributed by atoms with van der Waals surface area (Å²) in [4.78, 5) is 26.8. The maximum absolute atomic E-state index is 12.4. The summed E-state index contributed by atoms with van der Waals surface area (Å²) in [5.41, 5.74) is 7.98. The van der Waals surface area contributed by atoms with Crippen LogP contribution in [0.2, 0.25) is 0 Å². The predicted molar refractivity (Wildman–Crippen MR) is 113 cm³/mol. The maximum Gasteiger partial charge on any atom is 0.279 e. The number of hydrazine groups is 1. The van der Waals surface area contributed by atoms with Crippen molar-refractivity contribution in [3.05, 3.63) is 50.7 Å². The van der Waals surface area contributed by atoms with Gasteiger partial charge >= 0.3 is 0 Å². The molecule has 2 N–H and O–H groups in total. The number of hydrogen-bond donors (Lipinski definition) is 2. The van der Waals surface area contributed by atoms with E-state index in [0.717, 1.165) is 31.2 Å². The van der Waals surface area contributed by atoms with Gasteiger partial charge in [0.05, 0.1) is 16.8 Å². The van der Waals surface area contributed by atoms with Gasteiger partial charge in [-0.25, -0.2) is 8.42 Å². The van der Waals surface area contributed by atoms with E-state index < -0.39 is 15.9 Å². The largest absolute Gasteiger partial charge is 0.279 e. The first kappa shape index (κ1) is 19.9. The first-order valence-corrected chi connectivity index (χ1v) is 12.3. The molecule has 2 heterocycles. The van der Waals surface area contributed by atoms with Crippen molar-refractivity contribution in [2.75, 3.05) is 17.1 Å². The van der Waals surface area contributed by atoms with Crippen LogP contribution < -0.4 is 15.2 Å². The lowest BCUT2D eigenvalue weighted by Crippen LogP contribution is -2.41. The predicted octanol–water partition coefficient (Wildman–Crippen LogP) is 2.41. The number of amides is 2. The Morgan fingerprint density at radius 2 is 1.72 bits per heavy atom. The van der Waals surface area contributed by atoms with Gasteiger partial charge in [0, 0.05) is 17.0 Å². The molecule has 9 heteroatoms. The van der Waals surface area contributed by atoms with Crippen LogP contribution in [-0.2, 0) is 29.3 Å². The van der Waals surface area contributed by atoms with Gasteiger partial charge < -0.3 is 0 Å². The smallest absolute Gasteiger partial charge is 0.270 e. The van der Waals surface area contributed by atoms with Gasteiger partial charge in [-0.15, -0.1) is 11.3 Å². The Balaban J connectivity index is 1.41. The van der Waals surface area contributed by atoms with Crippen molar-refractivity contribution in [2.45, 2.75) is 38.5 Å². The van der Waals surface area contributed by atoms with Gasteiger partial charge in [0.15, 0.2) is 0 Å². The molecule has 2 aromatic rings. The van der Waals surface area contributed by atoms with Crippen molar-refractivity contribution in [3.8, 4) is 0 Å². The fourth-order valence-electron chi connectivity index (χ4n) is 3.88. The van der Waals surface area contributed by atoms with E-state index >= 15 is 0 Å². The van der Waals surface area contributed by atoms with Crippen molar-refractivity contribution in [2.24, 2.45) is 0 Å². The minimum atomic E-state index is -3.33. The van der Waals surface area contributed by atoms with Crippen molar-refractivity contribution >= 4 is 38.9 Å². The Hall–Kier alpha value is -2.39. The molecule has 29 heavy (non-hydrogen) atoms. The normalized spacial score (nSPS) is 16.0. The Labute approximate surface area is 174 Å². The number of rotatable bonds is 3. The highest BCUT2D eigenvalue weighted by atomic mass is 32.2. The third-order valence-electron chi connectivity index (χ3n) is 5.35. The molecule has 154 valence electrons. The summed E-state index contributed by atoms with van der Waals surface area (Å²) in [6, 6.07) is 6.81. The first-order chi connectivity index (χ1) is 13.8. The molecular formula is C20H23N3O4S2. The second-order valence-electron chi connectivity index (χ2n) is 7.46. The zero-order valence-corrected chi connectivity index (χ0v) is 17.8. The third kappa shape index (κ3) is 4.16. The molecule has 1 aliphatic heterocycles. The van der Waals surface area contributed by atoms with E-state index in [9.17, 15) is 18.0 Å². The SMILES string of the molecule is CS(=O)(=O)N1CCc2cc(C(=O)NNC(=O)c3cc4c(s3)CCCCC4)ccc21. The van der Waals surface area contributed by atoms with Crippen molar-refractivity contribution in [1.29, 1.82) is 0 Å². The molecule has 0 unspecified atom stereocenters. The Kier molecular flexibility index (Phi) is 5.35. The molecule has 1 aliphatic carbocycles. The van der Waals surface area contributed by atoms with Crippen LogP contribution in [0.3, 0.4) is 0 Å². The number of nitrogens with zero attached hydrogens (tertiary/aromatic N) is 1. The van der Waals surface area contributed by atoms with Crippen LogP contribution in [0, 0.1) is 0 Å². The van der Waals surface area contributed by atoms with Crippen molar-refractivity contribution in [3.63, 3.8) is 0 Å². The molecule has 1 aromatic carbocycles. The molecule has 4 rings (SSSR count). The van der Waals surface area contributed by atoms with E-state index in [1.165, 1.54) is 38.8 Å². The molecule has 1 aromatic heterocycles. The molecule has 0 bridgehead atoms. The average Bonchev–Trinajstić information content (AvgIpc) is 3.23. The summed E-state index contributed by atoms with van der Waals surface area (Å²) in [5, 5.41) is 0. The Morgan fingerprint density at radius 1 is 0.966 bits per heavy atom. The maximum atomic E-state index is 12.4. The van der Waals surface area contributed by atoms with Gasteiger partial charge in [0.2, 0.25) is 10.0 Å². The van der Waals surface area contributed by atoms with Gasteiger partial charge in [0.1, 0.15) is 0 Å². The van der Waals surface area contributed by atoms with Crippen LogP contribution in [-0.4, -0.2) is 33.0 Å². The van der Waals surface area contributed by atoms with E-state index in [1.54, 1.807) is 18.2 Å². The number of carbonyl (C=O) groups excluding carboxylic acids is 2. The summed E-state index contributed by atoms with van der Waals surface area (Å²) < 4.78 is 25.0. The van der Waals surface area contributed by atoms with Crippen LogP contribution in [0.1, 0.15) is 55.3 Å². The fourth-order valence-corrected chi connectivity index (χ4v) is 5.99. The lowest BCUT2D eigenvalue weighted by molar-refractivity contribution is 0.0849. The second-order valence-corrected chi connectivity index (χ2v) is 10.5. The molecule has 2 amide bonds. The monoisotopic (exact) mass is 433 g/mol. The zero-order valence-electron chi connectivity index (χ0n) is 16.2. The van der Waals surface area contributed by atoms with Crippen LogP contribution in [0.25, 0.3) is 0 Å². The van der Waals surface area contributed by atoms with Crippen LogP contribution >= 0.6 is 11.3 Å². The zero-order chi connectivity index (χ0) is 20.6. The lowest BCUT2D eigenvalue weighted by atomic mass is 10.1. The van der Waals surface area contributed by atoms with E-state index in [1.807, 2.05) is 6.07 Å². The number of benzene rings is 1. The summed E-state index contributed by atoms with van der Waals surface area (Å²) in [6.45, 7) is 0.374. The molecule has 0 spiro atoms.